The van der Waals surface area contributed by atoms with Crippen molar-refractivity contribution in [3.05, 3.63) is 17.8 Å². The molecule has 1 aliphatic rings. The number of anilines is 2. The van der Waals surface area contributed by atoms with E-state index in [-0.39, 0.29) is 17.6 Å². The number of rotatable bonds is 2. The lowest BCUT2D eigenvalue weighted by Gasteiger charge is -2.49. The number of aliphatic hydroxyl groups excluding tert-OH is 1. The zero-order valence-electron chi connectivity index (χ0n) is 9.99. The quantitative estimate of drug-likeness (QED) is 0.708. The highest BCUT2D eigenvalue weighted by molar-refractivity contribution is 5.49. The second-order valence-corrected chi connectivity index (χ2v) is 5.14. The van der Waals surface area contributed by atoms with Crippen LogP contribution in [-0.4, -0.2) is 22.2 Å². The molecule has 1 fully saturated rings. The molecule has 2 unspecified atom stereocenters. The van der Waals surface area contributed by atoms with Gasteiger partial charge in [0.2, 0.25) is 0 Å². The number of hydrogen-bond acceptors (Lipinski definition) is 4. The molecule has 0 bridgehead atoms. The van der Waals surface area contributed by atoms with E-state index in [0.29, 0.717) is 5.69 Å². The molecular weight excluding hydrogens is 202 g/mol. The normalized spacial score (nSPS) is 27.2. The molecule has 0 saturated heterocycles. The molecule has 4 N–H and O–H groups in total. The van der Waals surface area contributed by atoms with Crippen molar-refractivity contribution in [3.8, 4) is 0 Å². The Morgan fingerprint density at radius 2 is 2.19 bits per heavy atom. The topological polar surface area (TPSA) is 71.2 Å². The average Bonchev–Trinajstić information content (AvgIpc) is 2.23. The molecule has 4 nitrogen and oxygen atoms in total. The van der Waals surface area contributed by atoms with Gasteiger partial charge in [-0.1, -0.05) is 13.8 Å². The predicted octanol–water partition coefficient (Wildman–Crippen LogP) is 1.54. The van der Waals surface area contributed by atoms with Crippen LogP contribution >= 0.6 is 0 Å². The van der Waals surface area contributed by atoms with Crippen molar-refractivity contribution >= 4 is 11.5 Å². The van der Waals surface area contributed by atoms with Gasteiger partial charge in [0.05, 0.1) is 17.5 Å². The molecule has 1 aliphatic carbocycles. The van der Waals surface area contributed by atoms with Crippen LogP contribution in [0.25, 0.3) is 0 Å². The Kier molecular flexibility index (Phi) is 2.54. The van der Waals surface area contributed by atoms with Crippen LogP contribution < -0.4 is 11.1 Å². The van der Waals surface area contributed by atoms with Gasteiger partial charge in [-0.3, -0.25) is 0 Å². The van der Waals surface area contributed by atoms with Crippen molar-refractivity contribution in [1.82, 2.24) is 4.98 Å². The van der Waals surface area contributed by atoms with Gasteiger partial charge in [0.1, 0.15) is 5.82 Å². The molecule has 0 spiro atoms. The molecule has 1 aromatic rings. The second kappa shape index (κ2) is 3.63. The lowest BCUT2D eigenvalue weighted by molar-refractivity contribution is -0.0511. The lowest BCUT2D eigenvalue weighted by Crippen LogP contribution is -2.57. The van der Waals surface area contributed by atoms with E-state index >= 15 is 0 Å². The van der Waals surface area contributed by atoms with Gasteiger partial charge in [0, 0.05) is 11.5 Å². The number of nitrogens with two attached hydrogens (primary N) is 1. The van der Waals surface area contributed by atoms with E-state index in [4.69, 9.17) is 5.73 Å². The molecule has 1 heterocycles. The summed E-state index contributed by atoms with van der Waals surface area (Å²) < 4.78 is 0. The van der Waals surface area contributed by atoms with E-state index in [0.717, 1.165) is 17.9 Å². The van der Waals surface area contributed by atoms with Gasteiger partial charge in [0.15, 0.2) is 0 Å². The standard InChI is InChI=1S/C12H19N3O/c1-7-8(13)4-5-11(14-7)15-9-6-10(16)12(9,2)3/h4-5,9-10,16H,6,13H2,1-3H3,(H,14,15). The largest absolute Gasteiger partial charge is 0.397 e. The summed E-state index contributed by atoms with van der Waals surface area (Å²) in [7, 11) is 0. The van der Waals surface area contributed by atoms with Crippen LogP contribution in [0.1, 0.15) is 26.0 Å². The van der Waals surface area contributed by atoms with Crippen molar-refractivity contribution in [1.29, 1.82) is 0 Å². The van der Waals surface area contributed by atoms with Crippen molar-refractivity contribution in [2.75, 3.05) is 11.1 Å². The summed E-state index contributed by atoms with van der Waals surface area (Å²) in [5.74, 6) is 0.830. The molecule has 88 valence electrons. The molecule has 16 heavy (non-hydrogen) atoms. The molecule has 0 aliphatic heterocycles. The van der Waals surface area contributed by atoms with E-state index in [1.54, 1.807) is 0 Å². The summed E-state index contributed by atoms with van der Waals surface area (Å²) in [6.45, 7) is 6.01. The van der Waals surface area contributed by atoms with Crippen molar-refractivity contribution in [3.63, 3.8) is 0 Å². The van der Waals surface area contributed by atoms with E-state index in [2.05, 4.69) is 24.1 Å². The Hall–Kier alpha value is -1.29. The zero-order valence-corrected chi connectivity index (χ0v) is 9.99. The molecule has 0 amide bonds. The number of nitrogen functional groups attached to an aromatic ring is 1. The van der Waals surface area contributed by atoms with Crippen molar-refractivity contribution < 1.29 is 5.11 Å². The van der Waals surface area contributed by atoms with Gasteiger partial charge in [-0.2, -0.15) is 0 Å². The van der Waals surface area contributed by atoms with Crippen molar-refractivity contribution in [2.24, 2.45) is 5.41 Å². The van der Waals surface area contributed by atoms with Crippen LogP contribution in [0.3, 0.4) is 0 Å². The monoisotopic (exact) mass is 221 g/mol. The highest BCUT2D eigenvalue weighted by atomic mass is 16.3. The van der Waals surface area contributed by atoms with Gasteiger partial charge in [0.25, 0.3) is 0 Å². The molecule has 2 atom stereocenters. The maximum atomic E-state index is 9.64. The molecule has 1 aromatic heterocycles. The number of nitrogens with one attached hydrogen (secondary N) is 1. The molecule has 1 saturated carbocycles. The third kappa shape index (κ3) is 1.73. The van der Waals surface area contributed by atoms with Gasteiger partial charge >= 0.3 is 0 Å². The highest BCUT2D eigenvalue weighted by Gasteiger charge is 2.47. The van der Waals surface area contributed by atoms with E-state index < -0.39 is 0 Å². The fourth-order valence-corrected chi connectivity index (χ4v) is 1.98. The summed E-state index contributed by atoms with van der Waals surface area (Å²) in [5, 5.41) is 13.0. The minimum atomic E-state index is -0.222. The van der Waals surface area contributed by atoms with Crippen LogP contribution in [0.4, 0.5) is 11.5 Å². The molecule has 4 heteroatoms. The zero-order chi connectivity index (χ0) is 11.9. The highest BCUT2D eigenvalue weighted by Crippen LogP contribution is 2.42. The van der Waals surface area contributed by atoms with Crippen LogP contribution in [0, 0.1) is 12.3 Å². The number of nitrogens with zero attached hydrogens (tertiary/aromatic N) is 1. The molecule has 0 aromatic carbocycles. The number of aromatic nitrogens is 1. The van der Waals surface area contributed by atoms with E-state index in [1.807, 2.05) is 19.1 Å². The summed E-state index contributed by atoms with van der Waals surface area (Å²) in [5.41, 5.74) is 7.17. The Balaban J connectivity index is 2.08. The summed E-state index contributed by atoms with van der Waals surface area (Å²) in [4.78, 5) is 4.37. The Bertz CT molecular complexity index is 403. The lowest BCUT2D eigenvalue weighted by atomic mass is 9.64. The Morgan fingerprint density at radius 3 is 2.69 bits per heavy atom. The molecular formula is C12H19N3O. The Morgan fingerprint density at radius 1 is 1.50 bits per heavy atom. The van der Waals surface area contributed by atoms with Gasteiger partial charge in [-0.05, 0) is 25.5 Å². The Labute approximate surface area is 95.9 Å². The summed E-state index contributed by atoms with van der Waals surface area (Å²) >= 11 is 0. The van der Waals surface area contributed by atoms with Crippen LogP contribution in [0.2, 0.25) is 0 Å². The second-order valence-electron chi connectivity index (χ2n) is 5.14. The van der Waals surface area contributed by atoms with Crippen LogP contribution in [-0.2, 0) is 0 Å². The fourth-order valence-electron chi connectivity index (χ4n) is 1.98. The maximum Gasteiger partial charge on any atom is 0.126 e. The minimum absolute atomic E-state index is 0.0863. The average molecular weight is 221 g/mol. The SMILES string of the molecule is Cc1nc(NC2CC(O)C2(C)C)ccc1N. The van der Waals surface area contributed by atoms with E-state index in [1.165, 1.54) is 0 Å². The molecule has 0 radical (unpaired) electrons. The molecule has 2 rings (SSSR count). The first-order chi connectivity index (χ1) is 7.41. The third-order valence-electron chi connectivity index (χ3n) is 3.66. The first-order valence-corrected chi connectivity index (χ1v) is 5.59. The number of pyridine rings is 1. The minimum Gasteiger partial charge on any atom is -0.397 e. The van der Waals surface area contributed by atoms with Gasteiger partial charge in [-0.25, -0.2) is 4.98 Å². The van der Waals surface area contributed by atoms with Crippen molar-refractivity contribution in [2.45, 2.75) is 39.3 Å². The predicted molar refractivity (Wildman–Crippen MR) is 65.2 cm³/mol. The first-order valence-electron chi connectivity index (χ1n) is 5.59. The van der Waals surface area contributed by atoms with E-state index in [9.17, 15) is 5.11 Å². The summed E-state index contributed by atoms with van der Waals surface area (Å²) in [6, 6.07) is 4.01. The maximum absolute atomic E-state index is 9.64. The smallest absolute Gasteiger partial charge is 0.126 e. The number of aryl methyl sites for hydroxylation is 1. The number of hydrogen-bond donors (Lipinski definition) is 3. The van der Waals surface area contributed by atoms with Gasteiger partial charge < -0.3 is 16.2 Å². The van der Waals surface area contributed by atoms with Crippen LogP contribution in [0.5, 0.6) is 0 Å². The number of aliphatic hydroxyl groups is 1. The third-order valence-corrected chi connectivity index (χ3v) is 3.66. The first kappa shape index (κ1) is 11.2. The van der Waals surface area contributed by atoms with Gasteiger partial charge in [-0.15, -0.1) is 0 Å². The fraction of sp³-hybridized carbons (Fsp3) is 0.583. The van der Waals surface area contributed by atoms with Crippen LogP contribution in [0.15, 0.2) is 12.1 Å². The summed E-state index contributed by atoms with van der Waals surface area (Å²) in [6.07, 6.45) is 0.554.